The monoisotopic (exact) mass is 243 g/mol. The molecule has 5 nitrogen and oxygen atoms in total. The molecule has 0 bridgehead atoms. The third-order valence-corrected chi connectivity index (χ3v) is 2.99. The van der Waals surface area contributed by atoms with Crippen LogP contribution in [0.2, 0.25) is 0 Å². The lowest BCUT2D eigenvalue weighted by molar-refractivity contribution is -0.148. The number of hydrogen-bond donors (Lipinski definition) is 0. The van der Waals surface area contributed by atoms with Crippen LogP contribution in [0.1, 0.15) is 26.6 Å². The number of aromatic nitrogens is 2. The number of carbonyl (C=O) groups is 1. The zero-order chi connectivity index (χ0) is 12.3. The Labute approximate surface area is 99.6 Å². The van der Waals surface area contributed by atoms with Crippen molar-refractivity contribution < 1.29 is 9.53 Å². The summed E-state index contributed by atoms with van der Waals surface area (Å²) >= 11 is 1.28. The quantitative estimate of drug-likeness (QED) is 0.752. The van der Waals surface area contributed by atoms with E-state index in [-0.39, 0.29) is 18.1 Å². The minimum atomic E-state index is -0.352. The topological polar surface area (TPSA) is 55.3 Å². The van der Waals surface area contributed by atoms with Gasteiger partial charge in [-0.05, 0) is 27.7 Å². The molecule has 0 aliphatic carbocycles. The van der Waals surface area contributed by atoms with Crippen LogP contribution in [0.5, 0.6) is 0 Å². The second-order valence-corrected chi connectivity index (χ2v) is 4.63. The fraction of sp³-hybridized carbons (Fsp3) is 0.700. The maximum absolute atomic E-state index is 11.7. The summed E-state index contributed by atoms with van der Waals surface area (Å²) in [6, 6.07) is -0.352. The standard InChI is InChI=1S/C10H17N3O2S/c1-6(2)15-9(14)7(3)13(5)10-11-8(4)12-16-10/h6-7H,1-5H3. The van der Waals surface area contributed by atoms with E-state index in [1.54, 1.807) is 11.8 Å². The van der Waals surface area contributed by atoms with Gasteiger partial charge in [0.05, 0.1) is 6.10 Å². The second kappa shape index (κ2) is 5.25. The van der Waals surface area contributed by atoms with Gasteiger partial charge in [-0.3, -0.25) is 0 Å². The minimum Gasteiger partial charge on any atom is -0.461 e. The largest absolute Gasteiger partial charge is 0.461 e. The predicted octanol–water partition coefficient (Wildman–Crippen LogP) is 1.62. The Morgan fingerprint density at radius 3 is 2.50 bits per heavy atom. The van der Waals surface area contributed by atoms with Crippen molar-refractivity contribution >= 4 is 22.6 Å². The van der Waals surface area contributed by atoms with Crippen LogP contribution < -0.4 is 4.90 Å². The van der Waals surface area contributed by atoms with Crippen molar-refractivity contribution in [1.29, 1.82) is 0 Å². The van der Waals surface area contributed by atoms with Crippen molar-refractivity contribution in [3.8, 4) is 0 Å². The molecular formula is C10H17N3O2S. The molecule has 0 radical (unpaired) electrons. The maximum atomic E-state index is 11.7. The molecule has 16 heavy (non-hydrogen) atoms. The maximum Gasteiger partial charge on any atom is 0.328 e. The van der Waals surface area contributed by atoms with Crippen LogP contribution >= 0.6 is 11.5 Å². The summed E-state index contributed by atoms with van der Waals surface area (Å²) < 4.78 is 9.21. The molecule has 0 saturated carbocycles. The van der Waals surface area contributed by atoms with E-state index in [0.717, 1.165) is 11.0 Å². The highest BCUT2D eigenvalue weighted by Gasteiger charge is 2.22. The number of hydrogen-bond acceptors (Lipinski definition) is 6. The number of ether oxygens (including phenoxy) is 1. The summed E-state index contributed by atoms with van der Waals surface area (Å²) in [4.78, 5) is 17.7. The molecule has 1 atom stereocenters. The van der Waals surface area contributed by atoms with Crippen LogP contribution in [0.3, 0.4) is 0 Å². The lowest BCUT2D eigenvalue weighted by Gasteiger charge is -2.23. The number of likely N-dealkylation sites (N-methyl/N-ethyl adjacent to an activating group) is 1. The lowest BCUT2D eigenvalue weighted by Crippen LogP contribution is -2.38. The highest BCUT2D eigenvalue weighted by atomic mass is 32.1. The molecule has 1 rings (SSSR count). The van der Waals surface area contributed by atoms with E-state index in [1.807, 2.05) is 27.8 Å². The van der Waals surface area contributed by atoms with E-state index in [2.05, 4.69) is 9.36 Å². The Kier molecular flexibility index (Phi) is 4.23. The average molecular weight is 243 g/mol. The number of aryl methyl sites for hydroxylation is 1. The summed E-state index contributed by atoms with van der Waals surface area (Å²) in [6.07, 6.45) is -0.0977. The third kappa shape index (κ3) is 3.16. The molecule has 1 unspecified atom stereocenters. The van der Waals surface area contributed by atoms with Crippen molar-refractivity contribution in [2.24, 2.45) is 0 Å². The fourth-order valence-corrected chi connectivity index (χ4v) is 1.80. The van der Waals surface area contributed by atoms with Gasteiger partial charge >= 0.3 is 5.97 Å². The number of anilines is 1. The first-order chi connectivity index (χ1) is 7.41. The highest BCUT2D eigenvalue weighted by molar-refractivity contribution is 7.09. The predicted molar refractivity (Wildman–Crippen MR) is 63.7 cm³/mol. The Morgan fingerprint density at radius 1 is 1.44 bits per heavy atom. The van der Waals surface area contributed by atoms with Gasteiger partial charge in [-0.1, -0.05) is 0 Å². The lowest BCUT2D eigenvalue weighted by atomic mass is 10.3. The van der Waals surface area contributed by atoms with Crippen molar-refractivity contribution in [3.05, 3.63) is 5.82 Å². The normalized spacial score (nSPS) is 12.6. The molecule has 1 aromatic heterocycles. The molecule has 0 aliphatic heterocycles. The van der Waals surface area contributed by atoms with E-state index in [1.165, 1.54) is 11.5 Å². The van der Waals surface area contributed by atoms with Gasteiger partial charge in [0, 0.05) is 18.6 Å². The first-order valence-electron chi connectivity index (χ1n) is 5.15. The van der Waals surface area contributed by atoms with Crippen LogP contribution in [0.25, 0.3) is 0 Å². The van der Waals surface area contributed by atoms with E-state index in [4.69, 9.17) is 4.74 Å². The SMILES string of the molecule is Cc1nsc(N(C)C(C)C(=O)OC(C)C)n1. The van der Waals surface area contributed by atoms with E-state index in [9.17, 15) is 4.79 Å². The van der Waals surface area contributed by atoms with E-state index in [0.29, 0.717) is 0 Å². The zero-order valence-corrected chi connectivity index (χ0v) is 11.0. The summed E-state index contributed by atoms with van der Waals surface area (Å²) in [6.45, 7) is 7.28. The van der Waals surface area contributed by atoms with Crippen LogP contribution in [0.15, 0.2) is 0 Å². The molecule has 0 amide bonds. The summed E-state index contributed by atoms with van der Waals surface area (Å²) in [7, 11) is 1.81. The first kappa shape index (κ1) is 12.9. The minimum absolute atomic E-state index is 0.0977. The molecule has 1 heterocycles. The van der Waals surface area contributed by atoms with Crippen molar-refractivity contribution in [3.63, 3.8) is 0 Å². The van der Waals surface area contributed by atoms with Crippen LogP contribution in [-0.2, 0) is 9.53 Å². The second-order valence-electron chi connectivity index (χ2n) is 3.90. The zero-order valence-electron chi connectivity index (χ0n) is 10.2. The van der Waals surface area contributed by atoms with Crippen LogP contribution in [-0.4, -0.2) is 34.5 Å². The number of esters is 1. The summed E-state index contributed by atoms with van der Waals surface area (Å²) in [5, 5.41) is 0.728. The average Bonchev–Trinajstić information content (AvgIpc) is 2.61. The molecule has 0 spiro atoms. The van der Waals surface area contributed by atoms with Gasteiger partial charge in [0.25, 0.3) is 0 Å². The highest BCUT2D eigenvalue weighted by Crippen LogP contribution is 2.18. The number of nitrogens with zero attached hydrogens (tertiary/aromatic N) is 3. The Bertz CT molecular complexity index is 365. The Hall–Kier alpha value is -1.17. The molecule has 0 fully saturated rings. The number of carbonyl (C=O) groups excluding carboxylic acids is 1. The van der Waals surface area contributed by atoms with Gasteiger partial charge in [-0.2, -0.15) is 4.37 Å². The first-order valence-corrected chi connectivity index (χ1v) is 5.92. The smallest absolute Gasteiger partial charge is 0.328 e. The van der Waals surface area contributed by atoms with Gasteiger partial charge in [0.1, 0.15) is 11.9 Å². The van der Waals surface area contributed by atoms with Crippen molar-refractivity contribution in [1.82, 2.24) is 9.36 Å². The molecule has 0 N–H and O–H groups in total. The number of rotatable bonds is 4. The molecular weight excluding hydrogens is 226 g/mol. The van der Waals surface area contributed by atoms with Crippen LogP contribution in [0.4, 0.5) is 5.13 Å². The Balaban J connectivity index is 2.66. The van der Waals surface area contributed by atoms with E-state index >= 15 is 0 Å². The summed E-state index contributed by atoms with van der Waals surface area (Å²) in [5.74, 6) is 0.474. The van der Waals surface area contributed by atoms with Gasteiger partial charge < -0.3 is 9.64 Å². The molecule has 6 heteroatoms. The Morgan fingerprint density at radius 2 is 2.06 bits per heavy atom. The van der Waals surface area contributed by atoms with Crippen LogP contribution in [0, 0.1) is 6.92 Å². The van der Waals surface area contributed by atoms with E-state index < -0.39 is 0 Å². The van der Waals surface area contributed by atoms with Gasteiger partial charge in [0.2, 0.25) is 5.13 Å². The third-order valence-electron chi connectivity index (χ3n) is 2.09. The molecule has 0 aromatic carbocycles. The molecule has 1 aromatic rings. The molecule has 0 saturated heterocycles. The van der Waals surface area contributed by atoms with Gasteiger partial charge in [0.15, 0.2) is 0 Å². The van der Waals surface area contributed by atoms with Gasteiger partial charge in [-0.15, -0.1) is 0 Å². The van der Waals surface area contributed by atoms with Crippen molar-refractivity contribution in [2.45, 2.75) is 39.8 Å². The summed E-state index contributed by atoms with van der Waals surface area (Å²) in [5.41, 5.74) is 0. The molecule has 0 aliphatic rings. The van der Waals surface area contributed by atoms with Crippen molar-refractivity contribution in [2.75, 3.05) is 11.9 Å². The van der Waals surface area contributed by atoms with Gasteiger partial charge in [-0.25, -0.2) is 9.78 Å². The molecule has 90 valence electrons. The fourth-order valence-electron chi connectivity index (χ4n) is 1.08.